The van der Waals surface area contributed by atoms with Crippen LogP contribution in [-0.4, -0.2) is 65.9 Å². The molecule has 5 heterocycles. The lowest BCUT2D eigenvalue weighted by molar-refractivity contribution is -0.938. The zero-order valence-electron chi connectivity index (χ0n) is 16.9. The highest BCUT2D eigenvalue weighted by atomic mass is 79.9. The lowest BCUT2D eigenvalue weighted by Crippen LogP contribution is -3.00. The van der Waals surface area contributed by atoms with Crippen LogP contribution >= 0.6 is 55.6 Å². The van der Waals surface area contributed by atoms with Crippen molar-refractivity contribution in [2.24, 2.45) is 0 Å². The molecule has 2 aromatic heterocycles. The van der Waals surface area contributed by atoms with E-state index in [-0.39, 0.29) is 40.1 Å². The van der Waals surface area contributed by atoms with E-state index in [9.17, 15) is 9.90 Å². The van der Waals surface area contributed by atoms with Crippen molar-refractivity contribution in [2.75, 3.05) is 19.9 Å². The highest BCUT2D eigenvalue weighted by molar-refractivity contribution is 9.08. The number of quaternary nitrogens is 1. The molecule has 2 bridgehead atoms. The van der Waals surface area contributed by atoms with Crippen LogP contribution in [0.25, 0.3) is 0 Å². The number of thiophene rings is 2. The number of morpholine rings is 1. The summed E-state index contributed by atoms with van der Waals surface area (Å²) in [6, 6.07) is 8.01. The predicted molar refractivity (Wildman–Crippen MR) is 124 cm³/mol. The van der Waals surface area contributed by atoms with Gasteiger partial charge in [0.25, 0.3) is 0 Å². The first-order valence-electron chi connectivity index (χ1n) is 9.30. The van der Waals surface area contributed by atoms with Crippen molar-refractivity contribution in [3.63, 3.8) is 0 Å². The van der Waals surface area contributed by atoms with Crippen molar-refractivity contribution in [2.45, 2.75) is 48.8 Å². The third kappa shape index (κ3) is 4.23. The number of alkyl halides is 1. The molecular weight excluding hydrogens is 622 g/mol. The van der Waals surface area contributed by atoms with Gasteiger partial charge in [0.05, 0.1) is 23.8 Å². The van der Waals surface area contributed by atoms with Gasteiger partial charge >= 0.3 is 5.97 Å². The van der Waals surface area contributed by atoms with Crippen molar-refractivity contribution >= 4 is 61.6 Å². The molecule has 10 heteroatoms. The van der Waals surface area contributed by atoms with Gasteiger partial charge in [-0.05, 0) is 28.7 Å². The molecule has 0 saturated carbocycles. The molecule has 2 aromatic rings. The molecule has 5 nitrogen and oxygen atoms in total. The van der Waals surface area contributed by atoms with E-state index in [1.807, 2.05) is 28.7 Å². The number of halogens is 3. The summed E-state index contributed by atoms with van der Waals surface area (Å²) < 4.78 is 12.6. The number of nitrogens with zero attached hydrogens (tertiary/aromatic N) is 1. The van der Waals surface area contributed by atoms with Crippen molar-refractivity contribution in [1.29, 1.82) is 0 Å². The Bertz CT molecular complexity index is 777. The number of esters is 1. The number of epoxide rings is 1. The number of aliphatic hydroxyl groups is 1. The normalized spacial score (nSPS) is 30.0. The van der Waals surface area contributed by atoms with Crippen molar-refractivity contribution in [3.8, 4) is 0 Å². The molecule has 0 spiro atoms. The largest absolute Gasteiger partial charge is 1.00 e. The molecule has 1 unspecified atom stereocenters. The number of ether oxygens (including phenoxy) is 2. The first-order chi connectivity index (χ1) is 13.4. The maximum absolute atomic E-state index is 13.1. The molecule has 5 rings (SSSR count). The van der Waals surface area contributed by atoms with Crippen LogP contribution in [0.2, 0.25) is 0 Å². The third-order valence-electron chi connectivity index (χ3n) is 6.36. The fourth-order valence-electron chi connectivity index (χ4n) is 4.83. The van der Waals surface area contributed by atoms with Crippen LogP contribution in [0.4, 0.5) is 0 Å². The maximum atomic E-state index is 13.1. The van der Waals surface area contributed by atoms with E-state index in [0.29, 0.717) is 34.0 Å². The molecule has 3 fully saturated rings. The molecule has 168 valence electrons. The summed E-state index contributed by atoms with van der Waals surface area (Å²) in [7, 11) is 4.49. The summed E-state index contributed by atoms with van der Waals surface area (Å²) in [4.78, 5) is 14.3. The van der Waals surface area contributed by atoms with Gasteiger partial charge < -0.3 is 36.0 Å². The van der Waals surface area contributed by atoms with Gasteiger partial charge in [0, 0.05) is 12.8 Å². The van der Waals surface area contributed by atoms with Crippen LogP contribution in [-0.2, 0) is 19.9 Å². The van der Waals surface area contributed by atoms with Crippen LogP contribution in [0.5, 0.6) is 0 Å². The minimum atomic E-state index is -1.72. The van der Waals surface area contributed by atoms with E-state index in [0.717, 1.165) is 17.3 Å². The first-order valence-corrected chi connectivity index (χ1v) is 12.6. The Hall–Kier alpha value is 0.190. The Balaban J connectivity index is 0.000000779. The zero-order valence-corrected chi connectivity index (χ0v) is 23.4. The fourth-order valence-corrected chi connectivity index (χ4v) is 6.54. The Labute approximate surface area is 214 Å². The SMILES string of the molecule is Br.CBr.C[N+]1(C)[C@@H]2CC(OC(=O)C(O)(c3cccs3)c3cccs3)C[C@H]1[C@@H]1O[C@@H]12.[Br-]. The number of likely N-dealkylation sites (N-methyl/N-ethyl adjacent to an activating group) is 1. The predicted octanol–water partition coefficient (Wildman–Crippen LogP) is 0.939. The zero-order chi connectivity index (χ0) is 20.1. The van der Waals surface area contributed by atoms with Gasteiger partial charge in [0.15, 0.2) is 0 Å². The molecule has 0 radical (unpaired) electrons. The molecule has 5 atom stereocenters. The van der Waals surface area contributed by atoms with E-state index in [1.54, 1.807) is 12.1 Å². The van der Waals surface area contributed by atoms with Crippen LogP contribution in [0.15, 0.2) is 35.0 Å². The van der Waals surface area contributed by atoms with Gasteiger partial charge in [-0.1, -0.05) is 28.1 Å². The summed E-state index contributed by atoms with van der Waals surface area (Å²) in [5.41, 5.74) is -1.72. The Morgan fingerprint density at radius 2 is 1.60 bits per heavy atom. The molecule has 3 aliphatic rings. The number of carbonyl (C=O) groups is 1. The fraction of sp³-hybridized carbons (Fsp3) is 0.550. The van der Waals surface area contributed by atoms with E-state index in [2.05, 4.69) is 30.0 Å². The smallest absolute Gasteiger partial charge is 0.349 e. The molecule has 0 aliphatic carbocycles. The first kappa shape index (κ1) is 26.4. The molecule has 30 heavy (non-hydrogen) atoms. The van der Waals surface area contributed by atoms with Crippen molar-refractivity contribution < 1.29 is 40.8 Å². The summed E-state index contributed by atoms with van der Waals surface area (Å²) in [6.07, 6.45) is 2.05. The highest BCUT2D eigenvalue weighted by Gasteiger charge is 2.71. The van der Waals surface area contributed by atoms with Crippen molar-refractivity contribution in [1.82, 2.24) is 0 Å². The minimum absolute atomic E-state index is 0. The topological polar surface area (TPSA) is 59.1 Å². The standard InChI is InChI=1S/C19H22NO4S2.CH3Br.2BrH/c1-20(2)12-9-11(10-13(20)17-16(12)24-17)23-18(21)19(22,14-5-3-7-25-14)15-6-4-8-26-15;1-2;;/h3-8,11-13,16-17,22H,9-10H2,1-2H3;1H3;2*1H/q+1;;;/p-1/t11?,12-,13+,16-,17+;;;. The average Bonchev–Trinajstić information content (AvgIpc) is 3.06. The number of carbonyl (C=O) groups excluding carboxylic acids is 1. The summed E-state index contributed by atoms with van der Waals surface area (Å²) in [5, 5.41) is 15.1. The third-order valence-corrected chi connectivity index (χ3v) is 8.32. The molecule has 3 aliphatic heterocycles. The quantitative estimate of drug-likeness (QED) is 0.232. The van der Waals surface area contributed by atoms with Gasteiger partial charge in [0.1, 0.15) is 30.4 Å². The minimum Gasteiger partial charge on any atom is -1.00 e. The van der Waals surface area contributed by atoms with Crippen LogP contribution in [0.1, 0.15) is 22.6 Å². The number of hydrogen-bond acceptors (Lipinski definition) is 6. The molecule has 0 amide bonds. The number of hydrogen-bond donors (Lipinski definition) is 1. The highest BCUT2D eigenvalue weighted by Crippen LogP contribution is 2.52. The number of fused-ring (bicyclic) bond motifs is 5. The molecular formula is C20H26Br3NO4S2. The van der Waals surface area contributed by atoms with Gasteiger partial charge in [-0.15, -0.1) is 39.7 Å². The molecule has 1 N–H and O–H groups in total. The average molecular weight is 648 g/mol. The summed E-state index contributed by atoms with van der Waals surface area (Å²) in [5.74, 6) is 1.25. The summed E-state index contributed by atoms with van der Waals surface area (Å²) >= 11 is 5.68. The number of rotatable bonds is 4. The van der Waals surface area contributed by atoms with Gasteiger partial charge in [-0.2, -0.15) is 0 Å². The van der Waals surface area contributed by atoms with Gasteiger partial charge in [0.2, 0.25) is 5.60 Å². The second kappa shape index (κ2) is 9.99. The molecule has 0 aromatic carbocycles. The van der Waals surface area contributed by atoms with Gasteiger partial charge in [-0.3, -0.25) is 0 Å². The second-order valence-corrected chi connectivity index (χ2v) is 9.89. The number of piperidine rings is 1. The molecule has 3 saturated heterocycles. The lowest BCUT2D eigenvalue weighted by atomic mass is 9.95. The van der Waals surface area contributed by atoms with Crippen LogP contribution in [0, 0.1) is 0 Å². The van der Waals surface area contributed by atoms with E-state index in [1.165, 1.54) is 22.7 Å². The van der Waals surface area contributed by atoms with E-state index >= 15 is 0 Å². The van der Waals surface area contributed by atoms with E-state index in [4.69, 9.17) is 9.47 Å². The Kier molecular flexibility index (Phi) is 8.80. The maximum Gasteiger partial charge on any atom is 0.349 e. The lowest BCUT2D eigenvalue weighted by Gasteiger charge is -2.45. The van der Waals surface area contributed by atoms with E-state index < -0.39 is 11.6 Å². The van der Waals surface area contributed by atoms with Crippen LogP contribution < -0.4 is 17.0 Å². The Morgan fingerprint density at radius 3 is 2.00 bits per heavy atom. The second-order valence-electron chi connectivity index (χ2n) is 7.99. The van der Waals surface area contributed by atoms with Crippen molar-refractivity contribution in [3.05, 3.63) is 44.8 Å². The summed E-state index contributed by atoms with van der Waals surface area (Å²) in [6.45, 7) is 0. The van der Waals surface area contributed by atoms with Gasteiger partial charge in [-0.25, -0.2) is 4.79 Å². The Morgan fingerprint density at radius 1 is 1.13 bits per heavy atom. The van der Waals surface area contributed by atoms with Crippen LogP contribution in [0.3, 0.4) is 0 Å². The monoisotopic (exact) mass is 645 g/mol.